The highest BCUT2D eigenvalue weighted by Gasteiger charge is 2.08. The first kappa shape index (κ1) is 10.5. The average Bonchev–Trinajstić information content (AvgIpc) is 2.08. The second-order valence-electron chi connectivity index (χ2n) is 3.16. The van der Waals surface area contributed by atoms with Crippen LogP contribution in [0.15, 0.2) is 18.2 Å². The molecule has 0 spiro atoms. The first-order valence-electron chi connectivity index (χ1n) is 4.00. The summed E-state index contributed by atoms with van der Waals surface area (Å²) in [7, 11) is 3.52. The number of rotatable bonds is 1. The van der Waals surface area contributed by atoms with Crippen LogP contribution in [0.1, 0.15) is 15.9 Å². The lowest BCUT2D eigenvalue weighted by Gasteiger charge is -2.10. The lowest BCUT2D eigenvalue weighted by atomic mass is 10.1. The van der Waals surface area contributed by atoms with Crippen LogP contribution >= 0.6 is 22.6 Å². The van der Waals surface area contributed by atoms with Gasteiger partial charge in [0, 0.05) is 23.2 Å². The number of benzene rings is 1. The van der Waals surface area contributed by atoms with E-state index in [4.69, 9.17) is 0 Å². The van der Waals surface area contributed by atoms with Crippen molar-refractivity contribution in [2.75, 3.05) is 14.1 Å². The van der Waals surface area contributed by atoms with Gasteiger partial charge in [0.1, 0.15) is 0 Å². The monoisotopic (exact) mass is 289 g/mol. The van der Waals surface area contributed by atoms with Gasteiger partial charge in [-0.05, 0) is 47.2 Å². The van der Waals surface area contributed by atoms with Gasteiger partial charge in [-0.25, -0.2) is 0 Å². The summed E-state index contributed by atoms with van der Waals surface area (Å²) in [6.45, 7) is 2.03. The van der Waals surface area contributed by atoms with Gasteiger partial charge in [0.25, 0.3) is 5.91 Å². The number of hydrogen-bond donors (Lipinski definition) is 0. The van der Waals surface area contributed by atoms with E-state index in [1.807, 2.05) is 25.1 Å². The van der Waals surface area contributed by atoms with Crippen LogP contribution in [-0.4, -0.2) is 24.9 Å². The lowest BCUT2D eigenvalue weighted by Crippen LogP contribution is -2.21. The van der Waals surface area contributed by atoms with Crippen molar-refractivity contribution in [2.24, 2.45) is 0 Å². The maximum absolute atomic E-state index is 11.5. The Kier molecular flexibility index (Phi) is 3.30. The summed E-state index contributed by atoms with van der Waals surface area (Å²) in [4.78, 5) is 13.1. The molecule has 0 atom stereocenters. The molecule has 0 aliphatic rings. The van der Waals surface area contributed by atoms with Crippen molar-refractivity contribution in [2.45, 2.75) is 6.92 Å². The highest BCUT2D eigenvalue weighted by atomic mass is 127. The normalized spacial score (nSPS) is 9.85. The largest absolute Gasteiger partial charge is 0.345 e. The summed E-state index contributed by atoms with van der Waals surface area (Å²) < 4.78 is 1.13. The van der Waals surface area contributed by atoms with E-state index in [1.54, 1.807) is 19.0 Å². The number of carbonyl (C=O) groups is 1. The molecule has 0 unspecified atom stereocenters. The van der Waals surface area contributed by atoms with E-state index < -0.39 is 0 Å². The van der Waals surface area contributed by atoms with Gasteiger partial charge in [-0.1, -0.05) is 6.07 Å². The Morgan fingerprint density at radius 3 is 2.46 bits per heavy atom. The lowest BCUT2D eigenvalue weighted by molar-refractivity contribution is 0.0827. The van der Waals surface area contributed by atoms with Crippen molar-refractivity contribution in [1.82, 2.24) is 4.90 Å². The number of hydrogen-bond acceptors (Lipinski definition) is 1. The maximum Gasteiger partial charge on any atom is 0.253 e. The van der Waals surface area contributed by atoms with Crippen molar-refractivity contribution in [3.8, 4) is 0 Å². The molecule has 0 fully saturated rings. The standard InChI is InChI=1S/C10H12INO/c1-7-4-5-8(6-9(7)11)10(13)12(2)3/h4-6H,1-3H3. The van der Waals surface area contributed by atoms with Crippen LogP contribution in [0.25, 0.3) is 0 Å². The first-order valence-corrected chi connectivity index (χ1v) is 5.08. The number of amides is 1. The van der Waals surface area contributed by atoms with E-state index in [0.29, 0.717) is 0 Å². The Balaban J connectivity index is 3.04. The minimum Gasteiger partial charge on any atom is -0.345 e. The molecule has 3 heteroatoms. The van der Waals surface area contributed by atoms with Gasteiger partial charge in [0.05, 0.1) is 0 Å². The Morgan fingerprint density at radius 1 is 1.38 bits per heavy atom. The zero-order valence-electron chi connectivity index (χ0n) is 7.97. The van der Waals surface area contributed by atoms with E-state index in [-0.39, 0.29) is 5.91 Å². The fraction of sp³-hybridized carbons (Fsp3) is 0.300. The van der Waals surface area contributed by atoms with Crippen molar-refractivity contribution in [1.29, 1.82) is 0 Å². The Bertz CT molecular complexity index is 334. The van der Waals surface area contributed by atoms with Gasteiger partial charge in [0.2, 0.25) is 0 Å². The number of carbonyl (C=O) groups excluding carboxylic acids is 1. The van der Waals surface area contributed by atoms with Crippen LogP contribution in [0.3, 0.4) is 0 Å². The van der Waals surface area contributed by atoms with Gasteiger partial charge >= 0.3 is 0 Å². The summed E-state index contributed by atoms with van der Waals surface area (Å²) in [6.07, 6.45) is 0. The van der Waals surface area contributed by atoms with Crippen molar-refractivity contribution in [3.05, 3.63) is 32.9 Å². The zero-order chi connectivity index (χ0) is 10.0. The van der Waals surface area contributed by atoms with Crippen LogP contribution in [-0.2, 0) is 0 Å². The molecular formula is C10H12INO. The molecule has 0 aliphatic heterocycles. The predicted octanol–water partition coefficient (Wildman–Crippen LogP) is 2.30. The van der Waals surface area contributed by atoms with Crippen molar-refractivity contribution >= 4 is 28.5 Å². The second kappa shape index (κ2) is 4.09. The highest BCUT2D eigenvalue weighted by Crippen LogP contribution is 2.14. The molecule has 0 N–H and O–H groups in total. The third-order valence-corrected chi connectivity index (χ3v) is 2.99. The molecule has 2 nitrogen and oxygen atoms in total. The first-order chi connectivity index (χ1) is 6.02. The van der Waals surface area contributed by atoms with Crippen molar-refractivity contribution < 1.29 is 4.79 Å². The molecule has 0 aromatic heterocycles. The van der Waals surface area contributed by atoms with Crippen LogP contribution in [0.2, 0.25) is 0 Å². The number of aryl methyl sites for hydroxylation is 1. The fourth-order valence-corrected chi connectivity index (χ4v) is 1.50. The van der Waals surface area contributed by atoms with Gasteiger partial charge in [-0.2, -0.15) is 0 Å². The second-order valence-corrected chi connectivity index (χ2v) is 4.33. The smallest absolute Gasteiger partial charge is 0.253 e. The number of nitrogens with zero attached hydrogens (tertiary/aromatic N) is 1. The molecule has 0 radical (unpaired) electrons. The quantitative estimate of drug-likeness (QED) is 0.726. The van der Waals surface area contributed by atoms with Gasteiger partial charge < -0.3 is 4.90 Å². The van der Waals surface area contributed by atoms with Crippen molar-refractivity contribution in [3.63, 3.8) is 0 Å². The van der Waals surface area contributed by atoms with E-state index in [2.05, 4.69) is 22.6 Å². The molecule has 0 saturated heterocycles. The summed E-state index contributed by atoms with van der Waals surface area (Å²) in [5.74, 6) is 0.0536. The molecule has 1 aromatic carbocycles. The topological polar surface area (TPSA) is 20.3 Å². The van der Waals surface area contributed by atoms with Gasteiger partial charge in [-0.15, -0.1) is 0 Å². The Hall–Kier alpha value is -0.580. The summed E-state index contributed by atoms with van der Waals surface area (Å²) in [5, 5.41) is 0. The summed E-state index contributed by atoms with van der Waals surface area (Å²) in [6, 6.07) is 5.75. The van der Waals surface area contributed by atoms with E-state index in [0.717, 1.165) is 9.13 Å². The molecule has 0 bridgehead atoms. The molecule has 1 aromatic rings. The SMILES string of the molecule is Cc1ccc(C(=O)N(C)C)cc1I. The molecule has 70 valence electrons. The van der Waals surface area contributed by atoms with E-state index in [9.17, 15) is 4.79 Å². The Labute approximate surface area is 92.1 Å². The zero-order valence-corrected chi connectivity index (χ0v) is 10.1. The minimum absolute atomic E-state index is 0.0536. The fourth-order valence-electron chi connectivity index (χ4n) is 0.984. The molecule has 1 amide bonds. The van der Waals surface area contributed by atoms with Gasteiger partial charge in [-0.3, -0.25) is 4.79 Å². The van der Waals surface area contributed by atoms with Crippen LogP contribution < -0.4 is 0 Å². The third-order valence-electron chi connectivity index (χ3n) is 1.82. The third kappa shape index (κ3) is 2.43. The van der Waals surface area contributed by atoms with Gasteiger partial charge in [0.15, 0.2) is 0 Å². The Morgan fingerprint density at radius 2 is 2.00 bits per heavy atom. The molecule has 13 heavy (non-hydrogen) atoms. The molecule has 0 saturated carbocycles. The maximum atomic E-state index is 11.5. The average molecular weight is 289 g/mol. The number of halogens is 1. The summed E-state index contributed by atoms with van der Waals surface area (Å²) >= 11 is 2.24. The predicted molar refractivity (Wildman–Crippen MR) is 61.9 cm³/mol. The van der Waals surface area contributed by atoms with Crippen LogP contribution in [0.5, 0.6) is 0 Å². The highest BCUT2D eigenvalue weighted by molar-refractivity contribution is 14.1. The summed E-state index contributed by atoms with van der Waals surface area (Å²) in [5.41, 5.74) is 1.95. The molecular weight excluding hydrogens is 277 g/mol. The van der Waals surface area contributed by atoms with E-state index in [1.165, 1.54) is 5.56 Å². The molecule has 0 heterocycles. The van der Waals surface area contributed by atoms with E-state index >= 15 is 0 Å². The molecule has 0 aliphatic carbocycles. The van der Waals surface area contributed by atoms with Crippen LogP contribution in [0.4, 0.5) is 0 Å². The van der Waals surface area contributed by atoms with Crippen LogP contribution in [0, 0.1) is 10.5 Å². The molecule has 1 rings (SSSR count). The minimum atomic E-state index is 0.0536.